The van der Waals surface area contributed by atoms with E-state index in [1.165, 1.54) is 0 Å². The van der Waals surface area contributed by atoms with E-state index in [-0.39, 0.29) is 0 Å². The molecule has 1 unspecified atom stereocenters. The lowest BCUT2D eigenvalue weighted by atomic mass is 10.3. The maximum atomic E-state index is 5.60. The lowest BCUT2D eigenvalue weighted by molar-refractivity contribution is 0.0190. The van der Waals surface area contributed by atoms with Gasteiger partial charge in [-0.3, -0.25) is 0 Å². The molecule has 1 rings (SSSR count). The molecule has 0 aromatic heterocycles. The second-order valence-electron chi connectivity index (χ2n) is 4.14. The first-order valence-corrected chi connectivity index (χ1v) is 7.12. The molecule has 0 aromatic carbocycles. The summed E-state index contributed by atoms with van der Waals surface area (Å²) in [5.41, 5.74) is 0. The molecule has 0 radical (unpaired) electrons. The van der Waals surface area contributed by atoms with E-state index < -0.39 is 0 Å². The van der Waals surface area contributed by atoms with Gasteiger partial charge in [0.1, 0.15) is 6.10 Å². The molecule has 5 nitrogen and oxygen atoms in total. The molecule has 0 aromatic rings. The zero-order chi connectivity index (χ0) is 13.9. The second kappa shape index (κ2) is 9.92. The van der Waals surface area contributed by atoms with Gasteiger partial charge in [-0.1, -0.05) is 0 Å². The van der Waals surface area contributed by atoms with Gasteiger partial charge in [-0.15, -0.1) is 0 Å². The van der Waals surface area contributed by atoms with Crippen LogP contribution in [0.1, 0.15) is 33.6 Å². The summed E-state index contributed by atoms with van der Waals surface area (Å²) in [6.45, 7) is 9.79. The van der Waals surface area contributed by atoms with E-state index >= 15 is 0 Å². The van der Waals surface area contributed by atoms with Crippen molar-refractivity contribution in [3.05, 3.63) is 11.7 Å². The molecule has 1 heterocycles. The minimum Gasteiger partial charge on any atom is -0.491 e. The van der Waals surface area contributed by atoms with Crippen LogP contribution in [0.25, 0.3) is 0 Å². The van der Waals surface area contributed by atoms with E-state index in [4.69, 9.17) is 23.7 Å². The van der Waals surface area contributed by atoms with Crippen LogP contribution in [-0.2, 0) is 23.7 Å². The highest BCUT2D eigenvalue weighted by molar-refractivity contribution is 4.95. The predicted octanol–water partition coefficient (Wildman–Crippen LogP) is 2.46. The second-order valence-corrected chi connectivity index (χ2v) is 4.14. The molecule has 1 aliphatic rings. The summed E-state index contributed by atoms with van der Waals surface area (Å²) in [6, 6.07) is 0. The van der Waals surface area contributed by atoms with Crippen LogP contribution >= 0.6 is 0 Å². The Balaban J connectivity index is 2.31. The standard InChI is InChI=1S/C14H26O5/c1-4-16-13(14(17-5-2)18-6-3)8-7-9-15-10-12-11-19-12/h12H,4-11H2,1-3H3. The smallest absolute Gasteiger partial charge is 0.318 e. The number of hydrogen-bond acceptors (Lipinski definition) is 5. The molecule has 1 saturated heterocycles. The van der Waals surface area contributed by atoms with Gasteiger partial charge >= 0.3 is 5.95 Å². The van der Waals surface area contributed by atoms with Crippen molar-refractivity contribution in [2.75, 3.05) is 39.6 Å². The number of allylic oxidation sites excluding steroid dienone is 1. The normalized spacial score (nSPS) is 16.9. The molecule has 1 atom stereocenters. The van der Waals surface area contributed by atoms with Gasteiger partial charge in [0, 0.05) is 13.0 Å². The molecule has 5 heteroatoms. The Hall–Kier alpha value is -0.940. The van der Waals surface area contributed by atoms with Crippen LogP contribution < -0.4 is 0 Å². The Morgan fingerprint density at radius 2 is 1.68 bits per heavy atom. The van der Waals surface area contributed by atoms with Crippen LogP contribution in [0.5, 0.6) is 0 Å². The lowest BCUT2D eigenvalue weighted by Crippen LogP contribution is -2.08. The lowest BCUT2D eigenvalue weighted by Gasteiger charge is -2.15. The van der Waals surface area contributed by atoms with Crippen molar-refractivity contribution >= 4 is 0 Å². The molecule has 112 valence electrons. The number of rotatable bonds is 12. The van der Waals surface area contributed by atoms with Crippen molar-refractivity contribution in [1.29, 1.82) is 0 Å². The zero-order valence-electron chi connectivity index (χ0n) is 12.3. The maximum Gasteiger partial charge on any atom is 0.318 e. The van der Waals surface area contributed by atoms with E-state index in [1.807, 2.05) is 20.8 Å². The maximum absolute atomic E-state index is 5.60. The molecule has 0 aliphatic carbocycles. The van der Waals surface area contributed by atoms with Crippen molar-refractivity contribution in [1.82, 2.24) is 0 Å². The van der Waals surface area contributed by atoms with Crippen molar-refractivity contribution < 1.29 is 23.7 Å². The summed E-state index contributed by atoms with van der Waals surface area (Å²) in [5, 5.41) is 0. The summed E-state index contributed by atoms with van der Waals surface area (Å²) in [6.07, 6.45) is 1.96. The molecule has 1 fully saturated rings. The Kier molecular flexibility index (Phi) is 8.41. The number of hydrogen-bond donors (Lipinski definition) is 0. The molecular weight excluding hydrogens is 248 g/mol. The molecule has 0 saturated carbocycles. The zero-order valence-corrected chi connectivity index (χ0v) is 12.3. The van der Waals surface area contributed by atoms with Gasteiger partial charge in [0.2, 0.25) is 0 Å². The Bertz CT molecular complexity index is 253. The highest BCUT2D eigenvalue weighted by Gasteiger charge is 2.22. The molecule has 0 N–H and O–H groups in total. The topological polar surface area (TPSA) is 49.5 Å². The SMILES string of the molecule is CCOC(CCCOCC1CO1)=C(OCC)OCC. The summed E-state index contributed by atoms with van der Waals surface area (Å²) in [5.74, 6) is 1.29. The Morgan fingerprint density at radius 1 is 1.05 bits per heavy atom. The minimum atomic E-state index is 0.323. The number of epoxide rings is 1. The van der Waals surface area contributed by atoms with Gasteiger partial charge in [-0.25, -0.2) is 0 Å². The molecule has 1 aliphatic heterocycles. The first-order valence-electron chi connectivity index (χ1n) is 7.12. The van der Waals surface area contributed by atoms with Crippen LogP contribution in [0.4, 0.5) is 0 Å². The van der Waals surface area contributed by atoms with E-state index in [9.17, 15) is 0 Å². The first-order chi connectivity index (χ1) is 9.31. The monoisotopic (exact) mass is 274 g/mol. The summed E-state index contributed by atoms with van der Waals surface area (Å²) < 4.78 is 27.1. The Morgan fingerprint density at radius 3 is 2.21 bits per heavy atom. The summed E-state index contributed by atoms with van der Waals surface area (Å²) in [7, 11) is 0. The van der Waals surface area contributed by atoms with Crippen molar-refractivity contribution in [3.63, 3.8) is 0 Å². The highest BCUT2D eigenvalue weighted by atomic mass is 16.7. The van der Waals surface area contributed by atoms with Crippen molar-refractivity contribution in [3.8, 4) is 0 Å². The van der Waals surface area contributed by atoms with Crippen LogP contribution in [0.3, 0.4) is 0 Å². The van der Waals surface area contributed by atoms with Crippen LogP contribution in [0, 0.1) is 0 Å². The van der Waals surface area contributed by atoms with Crippen molar-refractivity contribution in [2.45, 2.75) is 39.7 Å². The first kappa shape index (κ1) is 16.1. The van der Waals surface area contributed by atoms with Gasteiger partial charge in [0.25, 0.3) is 0 Å². The van der Waals surface area contributed by atoms with Gasteiger partial charge in [0.15, 0.2) is 5.76 Å². The largest absolute Gasteiger partial charge is 0.491 e. The van der Waals surface area contributed by atoms with E-state index in [0.29, 0.717) is 45.1 Å². The fourth-order valence-corrected chi connectivity index (χ4v) is 1.59. The fraction of sp³-hybridized carbons (Fsp3) is 0.857. The summed E-state index contributed by atoms with van der Waals surface area (Å²) in [4.78, 5) is 0. The molecule has 0 spiro atoms. The molecule has 0 bridgehead atoms. The van der Waals surface area contributed by atoms with Crippen molar-refractivity contribution in [2.24, 2.45) is 0 Å². The van der Waals surface area contributed by atoms with Crippen LogP contribution in [0.15, 0.2) is 11.7 Å². The van der Waals surface area contributed by atoms with Gasteiger partial charge < -0.3 is 23.7 Å². The molecule has 0 amide bonds. The van der Waals surface area contributed by atoms with E-state index in [2.05, 4.69) is 0 Å². The third-order valence-corrected chi connectivity index (χ3v) is 2.50. The van der Waals surface area contributed by atoms with E-state index in [0.717, 1.165) is 25.2 Å². The average molecular weight is 274 g/mol. The molecule has 19 heavy (non-hydrogen) atoms. The van der Waals surface area contributed by atoms with Gasteiger partial charge in [-0.2, -0.15) is 0 Å². The summed E-state index contributed by atoms with van der Waals surface area (Å²) >= 11 is 0. The highest BCUT2D eigenvalue weighted by Crippen LogP contribution is 2.16. The van der Waals surface area contributed by atoms with Gasteiger partial charge in [-0.05, 0) is 27.2 Å². The average Bonchev–Trinajstić information content (AvgIpc) is 3.21. The van der Waals surface area contributed by atoms with Crippen LogP contribution in [0.2, 0.25) is 0 Å². The van der Waals surface area contributed by atoms with Gasteiger partial charge in [0.05, 0.1) is 33.0 Å². The van der Waals surface area contributed by atoms with Crippen LogP contribution in [-0.4, -0.2) is 45.7 Å². The fourth-order valence-electron chi connectivity index (χ4n) is 1.59. The quantitative estimate of drug-likeness (QED) is 0.311. The van der Waals surface area contributed by atoms with E-state index in [1.54, 1.807) is 0 Å². The Labute approximate surface area is 115 Å². The molecular formula is C14H26O5. The third kappa shape index (κ3) is 7.28. The minimum absolute atomic E-state index is 0.323. The number of ether oxygens (including phenoxy) is 5. The third-order valence-electron chi connectivity index (χ3n) is 2.50. The predicted molar refractivity (Wildman–Crippen MR) is 71.7 cm³/mol.